The number of hydrogen-bond donors (Lipinski definition) is 2. The van der Waals surface area contributed by atoms with Gasteiger partial charge in [0.2, 0.25) is 0 Å². The molecule has 0 saturated heterocycles. The molecule has 0 atom stereocenters. The Morgan fingerprint density at radius 2 is 2.03 bits per heavy atom. The van der Waals surface area contributed by atoms with Crippen molar-refractivity contribution in [1.29, 1.82) is 0 Å². The first-order valence-electron chi connectivity index (χ1n) is 11.0. The second-order valence-electron chi connectivity index (χ2n) is 8.11. The molecule has 3 heterocycles. The van der Waals surface area contributed by atoms with Crippen molar-refractivity contribution in [1.82, 2.24) is 19.7 Å². The van der Waals surface area contributed by atoms with Gasteiger partial charge in [-0.15, -0.1) is 0 Å². The lowest BCUT2D eigenvalue weighted by Crippen LogP contribution is -2.14. The van der Waals surface area contributed by atoms with Crippen molar-refractivity contribution in [3.63, 3.8) is 0 Å². The Kier molecular flexibility index (Phi) is 5.88. The number of nitrogens with one attached hydrogen (secondary N) is 1. The number of nitrogen functional groups attached to an aromatic ring is 1. The van der Waals surface area contributed by atoms with Crippen LogP contribution in [-0.2, 0) is 6.54 Å². The lowest BCUT2D eigenvalue weighted by Gasteiger charge is -2.08. The van der Waals surface area contributed by atoms with Gasteiger partial charge in [-0.3, -0.25) is 14.5 Å². The highest BCUT2D eigenvalue weighted by molar-refractivity contribution is 6.09. The first-order chi connectivity index (χ1) is 17.0. The van der Waals surface area contributed by atoms with E-state index in [0.29, 0.717) is 29.1 Å². The SMILES string of the molecule is Cc1cccc(C(=O)Nc2cnc(-c3cc(C4=NCC=C4)n(Cc4ccccc4F)n3)nc2N)c1. The summed E-state index contributed by atoms with van der Waals surface area (Å²) >= 11 is 0. The summed E-state index contributed by atoms with van der Waals surface area (Å²) in [7, 11) is 0. The Balaban J connectivity index is 1.44. The van der Waals surface area contributed by atoms with Gasteiger partial charge < -0.3 is 11.1 Å². The van der Waals surface area contributed by atoms with Crippen LogP contribution in [0, 0.1) is 12.7 Å². The topological polar surface area (TPSA) is 111 Å². The Labute approximate surface area is 201 Å². The van der Waals surface area contributed by atoms with Gasteiger partial charge in [0.25, 0.3) is 5.91 Å². The minimum atomic E-state index is -0.311. The number of nitrogens with zero attached hydrogens (tertiary/aromatic N) is 5. The second-order valence-corrected chi connectivity index (χ2v) is 8.11. The molecule has 0 saturated carbocycles. The van der Waals surface area contributed by atoms with Crippen molar-refractivity contribution in [2.75, 3.05) is 17.6 Å². The van der Waals surface area contributed by atoms with E-state index in [4.69, 9.17) is 5.73 Å². The molecule has 0 unspecified atom stereocenters. The third kappa shape index (κ3) is 4.70. The zero-order valence-electron chi connectivity index (χ0n) is 18.9. The van der Waals surface area contributed by atoms with Gasteiger partial charge >= 0.3 is 0 Å². The minimum Gasteiger partial charge on any atom is -0.382 e. The summed E-state index contributed by atoms with van der Waals surface area (Å²) in [5, 5.41) is 7.37. The fourth-order valence-corrected chi connectivity index (χ4v) is 3.77. The summed E-state index contributed by atoms with van der Waals surface area (Å²) in [4.78, 5) is 25.8. The molecule has 1 amide bonds. The number of rotatable bonds is 6. The fraction of sp³-hybridized carbons (Fsp3) is 0.115. The third-order valence-corrected chi connectivity index (χ3v) is 5.54. The molecule has 8 nitrogen and oxygen atoms in total. The molecule has 0 spiro atoms. The summed E-state index contributed by atoms with van der Waals surface area (Å²) in [6.45, 7) is 2.71. The van der Waals surface area contributed by atoms with Gasteiger partial charge in [-0.25, -0.2) is 14.4 Å². The second kappa shape index (κ2) is 9.30. The molecule has 2 aromatic heterocycles. The first-order valence-corrected chi connectivity index (χ1v) is 11.0. The minimum absolute atomic E-state index is 0.110. The number of amides is 1. The monoisotopic (exact) mass is 467 g/mol. The maximum absolute atomic E-state index is 14.3. The number of allylic oxidation sites excluding steroid dienone is 1. The molecule has 9 heteroatoms. The summed E-state index contributed by atoms with van der Waals surface area (Å²) < 4.78 is 16.0. The number of carbonyl (C=O) groups is 1. The van der Waals surface area contributed by atoms with Crippen LogP contribution in [0.3, 0.4) is 0 Å². The quantitative estimate of drug-likeness (QED) is 0.445. The molecular weight excluding hydrogens is 445 g/mol. The van der Waals surface area contributed by atoms with Crippen molar-refractivity contribution in [2.45, 2.75) is 13.5 Å². The van der Waals surface area contributed by atoms with Crippen LogP contribution >= 0.6 is 0 Å². The summed E-state index contributed by atoms with van der Waals surface area (Å²) in [6.07, 6.45) is 5.29. The molecule has 0 fully saturated rings. The van der Waals surface area contributed by atoms with Gasteiger partial charge in [-0.1, -0.05) is 42.0 Å². The van der Waals surface area contributed by atoms with E-state index in [1.807, 2.05) is 31.2 Å². The van der Waals surface area contributed by atoms with Crippen molar-refractivity contribution in [2.24, 2.45) is 4.99 Å². The number of benzene rings is 2. The highest BCUT2D eigenvalue weighted by Crippen LogP contribution is 2.23. The summed E-state index contributed by atoms with van der Waals surface area (Å²) in [6, 6.07) is 15.6. The summed E-state index contributed by atoms with van der Waals surface area (Å²) in [5.74, 6) is -0.223. The van der Waals surface area contributed by atoms with Crippen LogP contribution in [0.25, 0.3) is 11.5 Å². The molecule has 174 valence electrons. The number of aliphatic imine (C=N–C) groups is 1. The molecule has 35 heavy (non-hydrogen) atoms. The van der Waals surface area contributed by atoms with Crippen LogP contribution in [0.5, 0.6) is 0 Å². The van der Waals surface area contributed by atoms with E-state index >= 15 is 0 Å². The van der Waals surface area contributed by atoms with E-state index in [-0.39, 0.29) is 29.9 Å². The Morgan fingerprint density at radius 3 is 2.77 bits per heavy atom. The van der Waals surface area contributed by atoms with Crippen LogP contribution in [0.2, 0.25) is 0 Å². The van der Waals surface area contributed by atoms with Gasteiger partial charge in [0.15, 0.2) is 11.6 Å². The van der Waals surface area contributed by atoms with Crippen molar-refractivity contribution in [3.8, 4) is 11.5 Å². The van der Waals surface area contributed by atoms with Gasteiger partial charge in [-0.2, -0.15) is 5.10 Å². The molecule has 2 aromatic carbocycles. The third-order valence-electron chi connectivity index (χ3n) is 5.54. The molecule has 1 aliphatic heterocycles. The van der Waals surface area contributed by atoms with E-state index in [9.17, 15) is 9.18 Å². The Bertz CT molecular complexity index is 1490. The lowest BCUT2D eigenvalue weighted by atomic mass is 10.1. The van der Waals surface area contributed by atoms with Gasteiger partial charge in [0, 0.05) is 11.1 Å². The van der Waals surface area contributed by atoms with Crippen molar-refractivity contribution in [3.05, 3.63) is 101 Å². The highest BCUT2D eigenvalue weighted by atomic mass is 19.1. The molecule has 0 radical (unpaired) electrons. The van der Waals surface area contributed by atoms with E-state index in [2.05, 4.69) is 25.4 Å². The molecule has 1 aliphatic rings. The molecule has 0 bridgehead atoms. The maximum atomic E-state index is 14.3. The van der Waals surface area contributed by atoms with Crippen LogP contribution in [-0.4, -0.2) is 37.9 Å². The highest BCUT2D eigenvalue weighted by Gasteiger charge is 2.19. The largest absolute Gasteiger partial charge is 0.382 e. The molecule has 5 rings (SSSR count). The number of carbonyl (C=O) groups excluding carboxylic acids is 1. The zero-order chi connectivity index (χ0) is 24.4. The van der Waals surface area contributed by atoms with Gasteiger partial charge in [0.1, 0.15) is 17.2 Å². The van der Waals surface area contributed by atoms with E-state index in [1.54, 1.807) is 41.1 Å². The molecule has 3 N–H and O–H groups in total. The smallest absolute Gasteiger partial charge is 0.255 e. The average molecular weight is 468 g/mol. The standard InChI is InChI=1S/C26H22FN7O/c1-16-6-4-8-17(12-16)26(35)31-22-14-30-25(32-24(22)28)21-13-23(20-10-5-11-29-20)34(33-21)15-18-7-2-3-9-19(18)27/h2-10,12-14H,11,15H2,1H3,(H,31,35)(H2,28,30,32). The number of halogens is 1. The molecule has 4 aromatic rings. The Morgan fingerprint density at radius 1 is 1.17 bits per heavy atom. The van der Waals surface area contributed by atoms with Crippen molar-refractivity contribution >= 4 is 23.1 Å². The van der Waals surface area contributed by atoms with E-state index in [0.717, 1.165) is 17.0 Å². The van der Waals surface area contributed by atoms with Crippen LogP contribution < -0.4 is 11.1 Å². The molecular formula is C26H22FN7O. The van der Waals surface area contributed by atoms with Crippen molar-refractivity contribution < 1.29 is 9.18 Å². The number of aromatic nitrogens is 4. The predicted octanol–water partition coefficient (Wildman–Crippen LogP) is 4.03. The zero-order valence-corrected chi connectivity index (χ0v) is 18.9. The first kappa shape index (κ1) is 22.1. The Hall–Kier alpha value is -4.66. The van der Waals surface area contributed by atoms with Crippen LogP contribution in [0.15, 0.2) is 77.9 Å². The maximum Gasteiger partial charge on any atom is 0.255 e. The lowest BCUT2D eigenvalue weighted by molar-refractivity contribution is 0.102. The van der Waals surface area contributed by atoms with Gasteiger partial charge in [0.05, 0.1) is 30.7 Å². The summed E-state index contributed by atoms with van der Waals surface area (Å²) in [5.41, 5.74) is 10.3. The molecule has 0 aliphatic carbocycles. The number of hydrogen-bond acceptors (Lipinski definition) is 6. The number of anilines is 2. The average Bonchev–Trinajstić information content (AvgIpc) is 3.52. The predicted molar refractivity (Wildman–Crippen MR) is 133 cm³/mol. The van der Waals surface area contributed by atoms with E-state index in [1.165, 1.54) is 12.3 Å². The number of nitrogens with two attached hydrogens (primary N) is 1. The number of aryl methyl sites for hydroxylation is 1. The van der Waals surface area contributed by atoms with Crippen LogP contribution in [0.4, 0.5) is 15.9 Å². The van der Waals surface area contributed by atoms with Gasteiger partial charge in [-0.05, 0) is 37.3 Å². The fourth-order valence-electron chi connectivity index (χ4n) is 3.77. The van der Waals surface area contributed by atoms with E-state index < -0.39 is 0 Å². The normalized spacial score (nSPS) is 12.6. The van der Waals surface area contributed by atoms with Crippen LogP contribution in [0.1, 0.15) is 27.2 Å².